The molecule has 0 N–H and O–H groups in total. The standard InChI is InChI=1S/C17H17ClFN/c18-12-15-11-16(19)5-6-17(15)20-9-7-13-3-1-2-4-14(13)8-10-20/h1-6,11H,7-10,12H2. The fourth-order valence-corrected chi connectivity index (χ4v) is 3.09. The molecule has 0 aromatic heterocycles. The molecule has 0 amide bonds. The zero-order valence-electron chi connectivity index (χ0n) is 11.3. The van der Waals surface area contributed by atoms with Crippen LogP contribution in [0.1, 0.15) is 16.7 Å². The Bertz CT molecular complexity index is 585. The summed E-state index contributed by atoms with van der Waals surface area (Å²) < 4.78 is 13.3. The van der Waals surface area contributed by atoms with Crippen molar-refractivity contribution in [1.82, 2.24) is 0 Å². The van der Waals surface area contributed by atoms with Gasteiger partial charge in [0, 0.05) is 24.7 Å². The van der Waals surface area contributed by atoms with E-state index in [2.05, 4.69) is 29.2 Å². The van der Waals surface area contributed by atoms with Crippen molar-refractivity contribution in [3.05, 3.63) is 65.0 Å². The maximum absolute atomic E-state index is 13.3. The van der Waals surface area contributed by atoms with Crippen LogP contribution >= 0.6 is 11.6 Å². The summed E-state index contributed by atoms with van der Waals surface area (Å²) in [6.45, 7) is 1.90. The Morgan fingerprint density at radius 2 is 1.65 bits per heavy atom. The molecule has 3 rings (SSSR count). The van der Waals surface area contributed by atoms with Crippen molar-refractivity contribution < 1.29 is 4.39 Å². The topological polar surface area (TPSA) is 3.24 Å². The maximum atomic E-state index is 13.3. The first-order valence-electron chi connectivity index (χ1n) is 6.94. The summed E-state index contributed by atoms with van der Waals surface area (Å²) in [5.41, 5.74) is 4.78. The van der Waals surface area contributed by atoms with Crippen LogP contribution in [0.25, 0.3) is 0 Å². The van der Waals surface area contributed by atoms with E-state index in [9.17, 15) is 4.39 Å². The highest BCUT2D eigenvalue weighted by atomic mass is 35.5. The molecule has 0 saturated heterocycles. The number of nitrogens with zero attached hydrogens (tertiary/aromatic N) is 1. The number of hydrogen-bond donors (Lipinski definition) is 0. The molecule has 0 bridgehead atoms. The minimum atomic E-state index is -0.220. The van der Waals surface area contributed by atoms with Gasteiger partial charge in [0.1, 0.15) is 5.82 Å². The van der Waals surface area contributed by atoms with Crippen molar-refractivity contribution in [2.24, 2.45) is 0 Å². The second-order valence-corrected chi connectivity index (χ2v) is 5.43. The Labute approximate surface area is 124 Å². The first kappa shape index (κ1) is 13.4. The fraction of sp³-hybridized carbons (Fsp3) is 0.294. The lowest BCUT2D eigenvalue weighted by Crippen LogP contribution is -2.27. The van der Waals surface area contributed by atoms with Crippen LogP contribution < -0.4 is 4.90 Å². The highest BCUT2D eigenvalue weighted by Gasteiger charge is 2.16. The van der Waals surface area contributed by atoms with E-state index in [1.165, 1.54) is 17.2 Å². The van der Waals surface area contributed by atoms with E-state index in [0.717, 1.165) is 37.2 Å². The minimum Gasteiger partial charge on any atom is -0.371 e. The normalized spacial score (nSPS) is 14.8. The van der Waals surface area contributed by atoms with E-state index in [1.54, 1.807) is 6.07 Å². The third-order valence-corrected chi connectivity index (χ3v) is 4.23. The van der Waals surface area contributed by atoms with Gasteiger partial charge in [-0.25, -0.2) is 4.39 Å². The highest BCUT2D eigenvalue weighted by molar-refractivity contribution is 6.17. The first-order chi connectivity index (χ1) is 9.78. The molecule has 0 aliphatic carbocycles. The molecule has 1 aliphatic heterocycles. The third kappa shape index (κ3) is 2.66. The molecular formula is C17H17ClFN. The molecule has 0 radical (unpaired) electrons. The number of rotatable bonds is 2. The first-order valence-corrected chi connectivity index (χ1v) is 7.47. The van der Waals surface area contributed by atoms with Crippen molar-refractivity contribution in [2.75, 3.05) is 18.0 Å². The summed E-state index contributed by atoms with van der Waals surface area (Å²) in [5, 5.41) is 0. The summed E-state index contributed by atoms with van der Waals surface area (Å²) in [7, 11) is 0. The molecule has 2 aromatic rings. The summed E-state index contributed by atoms with van der Waals surface area (Å²) in [4.78, 5) is 2.32. The Kier molecular flexibility index (Phi) is 3.93. The molecule has 0 saturated carbocycles. The van der Waals surface area contributed by atoms with Gasteiger partial charge in [-0.15, -0.1) is 11.6 Å². The Morgan fingerprint density at radius 3 is 2.25 bits per heavy atom. The van der Waals surface area contributed by atoms with E-state index < -0.39 is 0 Å². The van der Waals surface area contributed by atoms with Crippen LogP contribution in [0.2, 0.25) is 0 Å². The molecule has 0 fully saturated rings. The molecule has 104 valence electrons. The van der Waals surface area contributed by atoms with Crippen LogP contribution in [0, 0.1) is 5.82 Å². The summed E-state index contributed by atoms with van der Waals surface area (Å²) >= 11 is 5.96. The fourth-order valence-electron chi connectivity index (χ4n) is 2.88. The van der Waals surface area contributed by atoms with Gasteiger partial charge in [-0.05, 0) is 47.7 Å². The van der Waals surface area contributed by atoms with E-state index >= 15 is 0 Å². The summed E-state index contributed by atoms with van der Waals surface area (Å²) in [6.07, 6.45) is 2.05. The van der Waals surface area contributed by atoms with Gasteiger partial charge < -0.3 is 4.90 Å². The van der Waals surface area contributed by atoms with Crippen LogP contribution in [0.5, 0.6) is 0 Å². The van der Waals surface area contributed by atoms with Crippen LogP contribution in [-0.2, 0) is 18.7 Å². The van der Waals surface area contributed by atoms with Gasteiger partial charge in [-0.3, -0.25) is 0 Å². The van der Waals surface area contributed by atoms with Crippen LogP contribution in [0.3, 0.4) is 0 Å². The largest absolute Gasteiger partial charge is 0.371 e. The average molecular weight is 290 g/mol. The molecule has 0 atom stereocenters. The zero-order valence-corrected chi connectivity index (χ0v) is 12.0. The van der Waals surface area contributed by atoms with Gasteiger partial charge >= 0.3 is 0 Å². The summed E-state index contributed by atoms with van der Waals surface area (Å²) in [5.74, 6) is 0.124. The van der Waals surface area contributed by atoms with E-state index in [0.29, 0.717) is 5.88 Å². The Hall–Kier alpha value is -1.54. The lowest BCUT2D eigenvalue weighted by molar-refractivity contribution is 0.625. The van der Waals surface area contributed by atoms with E-state index in [-0.39, 0.29) is 5.82 Å². The third-order valence-electron chi connectivity index (χ3n) is 3.95. The van der Waals surface area contributed by atoms with E-state index in [1.807, 2.05) is 6.07 Å². The Morgan fingerprint density at radius 1 is 1.00 bits per heavy atom. The number of anilines is 1. The molecule has 0 spiro atoms. The quantitative estimate of drug-likeness (QED) is 0.750. The predicted octanol–water partition coefficient (Wildman–Crippen LogP) is 4.17. The molecule has 2 aromatic carbocycles. The number of benzene rings is 2. The molecule has 3 heteroatoms. The Balaban J connectivity index is 1.87. The lowest BCUT2D eigenvalue weighted by atomic mass is 10.0. The minimum absolute atomic E-state index is 0.220. The molecule has 20 heavy (non-hydrogen) atoms. The molecule has 1 nitrogen and oxygen atoms in total. The predicted molar refractivity (Wildman–Crippen MR) is 82.0 cm³/mol. The molecular weight excluding hydrogens is 273 g/mol. The van der Waals surface area contributed by atoms with Gasteiger partial charge in [0.05, 0.1) is 0 Å². The van der Waals surface area contributed by atoms with Gasteiger partial charge in [0.15, 0.2) is 0 Å². The SMILES string of the molecule is Fc1ccc(N2CCc3ccccc3CC2)c(CCl)c1. The van der Waals surface area contributed by atoms with Gasteiger partial charge in [-0.1, -0.05) is 24.3 Å². The molecule has 1 aliphatic rings. The summed E-state index contributed by atoms with van der Waals surface area (Å²) in [6, 6.07) is 13.5. The number of halogens is 2. The van der Waals surface area contributed by atoms with Crippen LogP contribution in [0.4, 0.5) is 10.1 Å². The second-order valence-electron chi connectivity index (χ2n) is 5.16. The number of alkyl halides is 1. The monoisotopic (exact) mass is 289 g/mol. The van der Waals surface area contributed by atoms with Crippen molar-refractivity contribution in [3.8, 4) is 0 Å². The average Bonchev–Trinajstić information content (AvgIpc) is 2.70. The zero-order chi connectivity index (χ0) is 13.9. The van der Waals surface area contributed by atoms with Gasteiger partial charge in [-0.2, -0.15) is 0 Å². The van der Waals surface area contributed by atoms with Crippen molar-refractivity contribution in [1.29, 1.82) is 0 Å². The highest BCUT2D eigenvalue weighted by Crippen LogP contribution is 2.26. The molecule has 0 unspecified atom stereocenters. The van der Waals surface area contributed by atoms with Crippen LogP contribution in [-0.4, -0.2) is 13.1 Å². The van der Waals surface area contributed by atoms with Crippen molar-refractivity contribution >= 4 is 17.3 Å². The number of hydrogen-bond acceptors (Lipinski definition) is 1. The van der Waals surface area contributed by atoms with E-state index in [4.69, 9.17) is 11.6 Å². The van der Waals surface area contributed by atoms with Gasteiger partial charge in [0.25, 0.3) is 0 Å². The number of fused-ring (bicyclic) bond motifs is 1. The molecule has 1 heterocycles. The van der Waals surface area contributed by atoms with Crippen LogP contribution in [0.15, 0.2) is 42.5 Å². The van der Waals surface area contributed by atoms with Gasteiger partial charge in [0.2, 0.25) is 0 Å². The maximum Gasteiger partial charge on any atom is 0.123 e. The lowest BCUT2D eigenvalue weighted by Gasteiger charge is -2.25. The smallest absolute Gasteiger partial charge is 0.123 e. The van der Waals surface area contributed by atoms with Crippen molar-refractivity contribution in [2.45, 2.75) is 18.7 Å². The van der Waals surface area contributed by atoms with Crippen molar-refractivity contribution in [3.63, 3.8) is 0 Å². The second kappa shape index (κ2) is 5.84.